The van der Waals surface area contributed by atoms with Gasteiger partial charge in [0, 0.05) is 7.11 Å². The predicted octanol–water partition coefficient (Wildman–Crippen LogP) is 4.90. The molecule has 0 atom stereocenters. The van der Waals surface area contributed by atoms with E-state index in [-0.39, 0.29) is 7.11 Å². The van der Waals surface area contributed by atoms with Crippen LogP contribution in [0.4, 0.5) is 65.9 Å². The van der Waals surface area contributed by atoms with Crippen molar-refractivity contribution in [3.05, 3.63) is 0 Å². The quantitative estimate of drug-likeness (QED) is 0.551. The van der Waals surface area contributed by atoms with Crippen LogP contribution < -0.4 is 0 Å². The molecule has 0 N–H and O–H groups in total. The Hall–Kier alpha value is -1.13. The second-order valence-electron chi connectivity index (χ2n) is 4.08. The van der Waals surface area contributed by atoms with Crippen LogP contribution in [0.2, 0.25) is 0 Å². The molecule has 0 saturated heterocycles. The van der Waals surface area contributed by atoms with Crippen molar-refractivity contribution >= 4 is 0 Å². The average Bonchev–Trinajstić information content (AvgIpc) is 2.35. The summed E-state index contributed by atoms with van der Waals surface area (Å²) in [5.74, 6) is -22.8. The summed E-state index contributed by atoms with van der Waals surface area (Å²) in [5, 5.41) is 0. The summed E-state index contributed by atoms with van der Waals surface area (Å²) in [6.45, 7) is 0. The molecule has 0 rings (SSSR count). The summed E-state index contributed by atoms with van der Waals surface area (Å²) >= 11 is 0. The molecule has 152 valence electrons. The topological polar surface area (TPSA) is 18.5 Å². The Bertz CT molecular complexity index is 478. The fraction of sp³-hybridized carbons (Fsp3) is 1.00. The first kappa shape index (κ1) is 23.9. The lowest BCUT2D eigenvalue weighted by molar-refractivity contribution is -0.525. The number of rotatable bonds is 7. The number of alkyl halides is 15. The fourth-order valence-corrected chi connectivity index (χ4v) is 0.948. The molecule has 2 nitrogen and oxygen atoms in total. The van der Waals surface area contributed by atoms with Gasteiger partial charge in [-0.05, 0) is 0 Å². The molecule has 0 aromatic carbocycles. The van der Waals surface area contributed by atoms with Crippen LogP contribution in [0.1, 0.15) is 0 Å². The highest BCUT2D eigenvalue weighted by Crippen LogP contribution is 2.56. The van der Waals surface area contributed by atoms with Gasteiger partial charge in [0.2, 0.25) is 0 Å². The van der Waals surface area contributed by atoms with Crippen molar-refractivity contribution in [3.8, 4) is 0 Å². The Balaban J connectivity index is 6.00. The maximum Gasteiger partial charge on any atom is 0.460 e. The van der Waals surface area contributed by atoms with Crippen molar-refractivity contribution in [1.29, 1.82) is 0 Å². The van der Waals surface area contributed by atoms with Crippen molar-refractivity contribution < 1.29 is 75.3 Å². The highest BCUT2D eigenvalue weighted by Gasteiger charge is 2.86. The molecule has 0 aromatic rings. The zero-order chi connectivity index (χ0) is 20.9. The Morgan fingerprint density at radius 2 is 0.760 bits per heavy atom. The zero-order valence-corrected chi connectivity index (χ0v) is 11.0. The Morgan fingerprint density at radius 1 is 0.440 bits per heavy atom. The molecule has 0 spiro atoms. The number of methoxy groups -OCH3 is 1. The van der Waals surface area contributed by atoms with Gasteiger partial charge in [-0.25, -0.2) is 4.74 Å². The van der Waals surface area contributed by atoms with Crippen LogP contribution in [0.15, 0.2) is 0 Å². The van der Waals surface area contributed by atoms with E-state index in [4.69, 9.17) is 0 Å². The van der Waals surface area contributed by atoms with Crippen LogP contribution in [0, 0.1) is 0 Å². The van der Waals surface area contributed by atoms with Gasteiger partial charge >= 0.3 is 42.3 Å². The Labute approximate surface area is 126 Å². The molecule has 0 amide bonds. The molecule has 0 unspecified atom stereocenters. The number of hydrogen-bond donors (Lipinski definition) is 0. The van der Waals surface area contributed by atoms with Gasteiger partial charge in [-0.1, -0.05) is 0 Å². The summed E-state index contributed by atoms with van der Waals surface area (Å²) in [6, 6.07) is 0. The van der Waals surface area contributed by atoms with E-state index in [1.54, 1.807) is 0 Å². The monoisotopic (exact) mass is 416 g/mol. The van der Waals surface area contributed by atoms with Crippen molar-refractivity contribution in [1.82, 2.24) is 0 Å². The normalized spacial score (nSPS) is 16.3. The SMILES string of the molecule is COC(F)(F)C(F)(F)C(F)(F)OC(F)(F)C(F)(F)C(F)(F)C(F)(F)F. The Morgan fingerprint density at radius 3 is 1.04 bits per heavy atom. The van der Waals surface area contributed by atoms with E-state index in [0.29, 0.717) is 0 Å². The lowest BCUT2D eigenvalue weighted by Gasteiger charge is -2.37. The lowest BCUT2D eigenvalue weighted by atomic mass is 10.1. The summed E-state index contributed by atoms with van der Waals surface area (Å²) in [7, 11) is -0.380. The third-order valence-corrected chi connectivity index (χ3v) is 2.36. The molecule has 0 aromatic heterocycles. The minimum Gasteiger partial charge on any atom is -0.319 e. The summed E-state index contributed by atoms with van der Waals surface area (Å²) in [6.07, 6.45) is -28.9. The third-order valence-electron chi connectivity index (χ3n) is 2.36. The van der Waals surface area contributed by atoms with Gasteiger partial charge in [-0.3, -0.25) is 0 Å². The predicted molar refractivity (Wildman–Crippen MR) is 43.8 cm³/mol. The van der Waals surface area contributed by atoms with E-state index >= 15 is 0 Å². The maximum absolute atomic E-state index is 12.7. The molecule has 0 saturated carbocycles. The summed E-state index contributed by atoms with van der Waals surface area (Å²) in [4.78, 5) is 0. The van der Waals surface area contributed by atoms with Crippen LogP contribution in [-0.4, -0.2) is 49.4 Å². The second kappa shape index (κ2) is 5.95. The van der Waals surface area contributed by atoms with Crippen LogP contribution >= 0.6 is 0 Å². The lowest BCUT2D eigenvalue weighted by Crippen LogP contribution is -2.65. The second-order valence-corrected chi connectivity index (χ2v) is 4.08. The standard InChI is InChI=1S/C8H3F15O2/c1-24-6(18,19)4(13,14)8(22,23)25-7(20,21)3(11,12)2(9,10)5(15,16)17/h1H3. The van der Waals surface area contributed by atoms with Crippen molar-refractivity contribution in [2.75, 3.05) is 7.11 Å². The van der Waals surface area contributed by atoms with Gasteiger partial charge < -0.3 is 4.74 Å². The molecule has 0 radical (unpaired) electrons. The smallest absolute Gasteiger partial charge is 0.319 e. The molecular formula is C8H3F15O2. The van der Waals surface area contributed by atoms with E-state index in [1.165, 1.54) is 4.74 Å². The molecular weight excluding hydrogens is 413 g/mol. The van der Waals surface area contributed by atoms with Gasteiger partial charge in [-0.2, -0.15) is 65.9 Å². The number of hydrogen-bond acceptors (Lipinski definition) is 2. The number of ether oxygens (including phenoxy) is 2. The van der Waals surface area contributed by atoms with Crippen LogP contribution in [0.5, 0.6) is 0 Å². The molecule has 0 bridgehead atoms. The zero-order valence-electron chi connectivity index (χ0n) is 11.0. The van der Waals surface area contributed by atoms with Gasteiger partial charge in [0.25, 0.3) is 0 Å². The van der Waals surface area contributed by atoms with E-state index in [9.17, 15) is 65.9 Å². The number of halogens is 15. The van der Waals surface area contributed by atoms with E-state index in [0.717, 1.165) is 0 Å². The first-order chi connectivity index (χ1) is 10.5. The van der Waals surface area contributed by atoms with Crippen LogP contribution in [0.25, 0.3) is 0 Å². The minimum atomic E-state index is -7.89. The van der Waals surface area contributed by atoms with E-state index in [2.05, 4.69) is 4.74 Å². The summed E-state index contributed by atoms with van der Waals surface area (Å²) < 4.78 is 190. The van der Waals surface area contributed by atoms with Crippen molar-refractivity contribution in [2.45, 2.75) is 42.3 Å². The molecule has 0 fully saturated rings. The Kier molecular flexibility index (Phi) is 5.68. The van der Waals surface area contributed by atoms with Gasteiger partial charge in [0.1, 0.15) is 0 Å². The molecule has 17 heteroatoms. The van der Waals surface area contributed by atoms with E-state index in [1.807, 2.05) is 0 Å². The molecule has 0 heterocycles. The van der Waals surface area contributed by atoms with Crippen LogP contribution in [-0.2, 0) is 9.47 Å². The largest absolute Gasteiger partial charge is 0.460 e. The molecule has 0 aliphatic heterocycles. The highest BCUT2D eigenvalue weighted by molar-refractivity contribution is 4.98. The first-order valence-electron chi connectivity index (χ1n) is 5.11. The van der Waals surface area contributed by atoms with Crippen molar-refractivity contribution in [3.63, 3.8) is 0 Å². The maximum atomic E-state index is 12.7. The molecule has 0 aliphatic rings. The van der Waals surface area contributed by atoms with E-state index < -0.39 is 42.3 Å². The first-order valence-corrected chi connectivity index (χ1v) is 5.11. The third kappa shape index (κ3) is 3.56. The minimum absolute atomic E-state index is 0.380. The van der Waals surface area contributed by atoms with Crippen molar-refractivity contribution in [2.24, 2.45) is 0 Å². The summed E-state index contributed by atoms with van der Waals surface area (Å²) in [5.41, 5.74) is 0. The highest BCUT2D eigenvalue weighted by atomic mass is 19.4. The fourth-order valence-electron chi connectivity index (χ4n) is 0.948. The molecule has 0 aliphatic carbocycles. The molecule has 25 heavy (non-hydrogen) atoms. The van der Waals surface area contributed by atoms with Gasteiger partial charge in [0.05, 0.1) is 0 Å². The van der Waals surface area contributed by atoms with Gasteiger partial charge in [-0.15, -0.1) is 0 Å². The van der Waals surface area contributed by atoms with Crippen LogP contribution in [0.3, 0.4) is 0 Å². The average molecular weight is 416 g/mol. The van der Waals surface area contributed by atoms with Gasteiger partial charge in [0.15, 0.2) is 0 Å².